The molecule has 0 spiro atoms. The summed E-state index contributed by atoms with van der Waals surface area (Å²) in [6.45, 7) is 0. The van der Waals surface area contributed by atoms with Crippen molar-refractivity contribution in [3.8, 4) is 0 Å². The van der Waals surface area contributed by atoms with Crippen molar-refractivity contribution in [2.24, 2.45) is 0 Å². The molecule has 0 aliphatic heterocycles. The number of rotatable bonds is 8. The lowest BCUT2D eigenvalue weighted by atomic mass is 9.84. The van der Waals surface area contributed by atoms with Gasteiger partial charge in [-0.25, -0.2) is 0 Å². The molecule has 1 heteroatoms. The average Bonchev–Trinajstić information content (AvgIpc) is 3.15. The predicted molar refractivity (Wildman–Crippen MR) is 213 cm³/mol. The van der Waals surface area contributed by atoms with Crippen LogP contribution < -0.4 is 5.73 Å². The van der Waals surface area contributed by atoms with Crippen LogP contribution in [0.25, 0.3) is 55.6 Å². The zero-order chi connectivity index (χ0) is 33.0. The van der Waals surface area contributed by atoms with Gasteiger partial charge in [-0.05, 0) is 115 Å². The van der Waals surface area contributed by atoms with Gasteiger partial charge in [-0.1, -0.05) is 164 Å². The van der Waals surface area contributed by atoms with E-state index in [-0.39, 0.29) is 0 Å². The second kappa shape index (κ2) is 13.7. The van der Waals surface area contributed by atoms with Gasteiger partial charge in [0.2, 0.25) is 0 Å². The molecular formula is C48H39N. The van der Waals surface area contributed by atoms with Gasteiger partial charge in [0.1, 0.15) is 0 Å². The summed E-state index contributed by atoms with van der Waals surface area (Å²) in [7, 11) is 0. The summed E-state index contributed by atoms with van der Waals surface area (Å²) >= 11 is 0. The molecule has 0 aromatic heterocycles. The molecule has 0 bridgehead atoms. The van der Waals surface area contributed by atoms with Gasteiger partial charge in [-0.3, -0.25) is 0 Å². The molecule has 0 atom stereocenters. The molecule has 1 aliphatic rings. The van der Waals surface area contributed by atoms with Crippen LogP contribution in [-0.4, -0.2) is 0 Å². The van der Waals surface area contributed by atoms with E-state index in [4.69, 9.17) is 5.73 Å². The number of allylic oxidation sites excluding steroid dienone is 6. The summed E-state index contributed by atoms with van der Waals surface area (Å²) in [6.07, 6.45) is 17.3. The number of nitrogens with two attached hydrogens (primary N) is 1. The third-order valence-electron chi connectivity index (χ3n) is 9.85. The fourth-order valence-electron chi connectivity index (χ4n) is 7.36. The largest absolute Gasteiger partial charge is 0.398 e. The molecule has 0 radical (unpaired) electrons. The SMILES string of the molecule is Nc1cc(/C=C\Cc2ccc(C3=CC=C(c4c5ccccc5cc5ccccc45)CC3)c3ccccc23)ccc1/C=C\Cc1ccccc1. The summed E-state index contributed by atoms with van der Waals surface area (Å²) in [5.41, 5.74) is 17.6. The number of nitrogen functional groups attached to an aromatic ring is 1. The molecular weight excluding hydrogens is 591 g/mol. The highest BCUT2D eigenvalue weighted by molar-refractivity contribution is 6.10. The highest BCUT2D eigenvalue weighted by atomic mass is 14.6. The first kappa shape index (κ1) is 30.4. The Labute approximate surface area is 289 Å². The molecule has 49 heavy (non-hydrogen) atoms. The minimum absolute atomic E-state index is 0.799. The van der Waals surface area contributed by atoms with Crippen LogP contribution >= 0.6 is 0 Å². The summed E-state index contributed by atoms with van der Waals surface area (Å²) in [5, 5.41) is 7.91. The lowest BCUT2D eigenvalue weighted by molar-refractivity contribution is 1.08. The van der Waals surface area contributed by atoms with Crippen molar-refractivity contribution in [3.63, 3.8) is 0 Å². The van der Waals surface area contributed by atoms with Crippen LogP contribution in [0.15, 0.2) is 164 Å². The zero-order valence-electron chi connectivity index (χ0n) is 27.6. The Bertz CT molecular complexity index is 2380. The van der Waals surface area contributed by atoms with Crippen molar-refractivity contribution in [2.75, 3.05) is 5.73 Å². The van der Waals surface area contributed by atoms with E-state index in [0.717, 1.165) is 42.5 Å². The molecule has 0 fully saturated rings. The normalized spacial score (nSPS) is 13.5. The third kappa shape index (κ3) is 6.36. The first-order valence-electron chi connectivity index (χ1n) is 17.3. The Morgan fingerprint density at radius 2 is 1.14 bits per heavy atom. The van der Waals surface area contributed by atoms with Gasteiger partial charge in [0.15, 0.2) is 0 Å². The highest BCUT2D eigenvalue weighted by Gasteiger charge is 2.17. The van der Waals surface area contributed by atoms with E-state index in [1.54, 1.807) is 0 Å². The Morgan fingerprint density at radius 3 is 1.86 bits per heavy atom. The molecule has 1 aliphatic carbocycles. The molecule has 0 unspecified atom stereocenters. The van der Waals surface area contributed by atoms with E-state index in [1.165, 1.54) is 65.7 Å². The standard InChI is InChI=1S/C48H39N/c49-47-32-35(24-25-38(47)19-10-14-34-12-2-1-3-13-34)15-11-18-36-30-31-43(46-23-9-8-20-42(36)46)37-26-28-39(29-27-37)48-44-21-6-4-16-40(44)33-41-17-5-7-22-45(41)48/h1-13,15-17,19-26,28,30-33H,14,18,27,29,49H2/b15-11-,19-10-. The number of hydrogen-bond donors (Lipinski definition) is 1. The van der Waals surface area contributed by atoms with E-state index in [0.29, 0.717) is 0 Å². The summed E-state index contributed by atoms with van der Waals surface area (Å²) in [4.78, 5) is 0. The van der Waals surface area contributed by atoms with Crippen LogP contribution in [0.2, 0.25) is 0 Å². The van der Waals surface area contributed by atoms with Gasteiger partial charge in [-0.15, -0.1) is 0 Å². The van der Waals surface area contributed by atoms with Gasteiger partial charge >= 0.3 is 0 Å². The number of hydrogen-bond acceptors (Lipinski definition) is 1. The fourth-order valence-corrected chi connectivity index (χ4v) is 7.36. The minimum Gasteiger partial charge on any atom is -0.398 e. The Balaban J connectivity index is 1.03. The van der Waals surface area contributed by atoms with Crippen molar-refractivity contribution in [1.29, 1.82) is 0 Å². The summed E-state index contributed by atoms with van der Waals surface area (Å²) < 4.78 is 0. The molecule has 0 heterocycles. The average molecular weight is 630 g/mol. The maximum Gasteiger partial charge on any atom is 0.0393 e. The Morgan fingerprint density at radius 1 is 0.510 bits per heavy atom. The predicted octanol–water partition coefficient (Wildman–Crippen LogP) is 12.5. The monoisotopic (exact) mass is 629 g/mol. The molecule has 0 saturated heterocycles. The van der Waals surface area contributed by atoms with Crippen molar-refractivity contribution in [2.45, 2.75) is 25.7 Å². The molecule has 2 N–H and O–H groups in total. The maximum absolute atomic E-state index is 6.44. The van der Waals surface area contributed by atoms with Gasteiger partial charge in [0, 0.05) is 5.69 Å². The first-order chi connectivity index (χ1) is 24.2. The van der Waals surface area contributed by atoms with Crippen LogP contribution in [0.3, 0.4) is 0 Å². The van der Waals surface area contributed by atoms with Crippen LogP contribution in [0, 0.1) is 0 Å². The first-order valence-corrected chi connectivity index (χ1v) is 17.3. The Kier molecular flexibility index (Phi) is 8.48. The number of benzene rings is 7. The molecule has 1 nitrogen and oxygen atoms in total. The zero-order valence-corrected chi connectivity index (χ0v) is 27.6. The van der Waals surface area contributed by atoms with Gasteiger partial charge in [0.25, 0.3) is 0 Å². The van der Waals surface area contributed by atoms with Gasteiger partial charge < -0.3 is 5.73 Å². The second-order valence-corrected chi connectivity index (χ2v) is 13.0. The minimum atomic E-state index is 0.799. The molecule has 236 valence electrons. The second-order valence-electron chi connectivity index (χ2n) is 13.0. The quantitative estimate of drug-likeness (QED) is 0.131. The van der Waals surface area contributed by atoms with E-state index in [1.807, 2.05) is 6.07 Å². The molecule has 7 aromatic carbocycles. The number of anilines is 1. The van der Waals surface area contributed by atoms with Crippen molar-refractivity contribution >= 4 is 61.3 Å². The lowest BCUT2D eigenvalue weighted by Crippen LogP contribution is -1.97. The molecule has 0 amide bonds. The molecule has 8 rings (SSSR count). The van der Waals surface area contributed by atoms with Gasteiger partial charge in [-0.2, -0.15) is 0 Å². The number of fused-ring (bicyclic) bond motifs is 3. The van der Waals surface area contributed by atoms with Crippen molar-refractivity contribution in [3.05, 3.63) is 197 Å². The topological polar surface area (TPSA) is 26.0 Å². The van der Waals surface area contributed by atoms with Crippen LogP contribution in [-0.2, 0) is 12.8 Å². The highest BCUT2D eigenvalue weighted by Crippen LogP contribution is 2.40. The molecule has 0 saturated carbocycles. The molecule has 7 aromatic rings. The third-order valence-corrected chi connectivity index (χ3v) is 9.85. The lowest BCUT2D eigenvalue weighted by Gasteiger charge is -2.20. The summed E-state index contributed by atoms with van der Waals surface area (Å²) in [5.74, 6) is 0. The van der Waals surface area contributed by atoms with E-state index < -0.39 is 0 Å². The van der Waals surface area contributed by atoms with Crippen molar-refractivity contribution < 1.29 is 0 Å². The van der Waals surface area contributed by atoms with Crippen LogP contribution in [0.5, 0.6) is 0 Å². The van der Waals surface area contributed by atoms with Gasteiger partial charge in [0.05, 0.1) is 0 Å². The van der Waals surface area contributed by atoms with E-state index >= 15 is 0 Å². The van der Waals surface area contributed by atoms with E-state index in [9.17, 15) is 0 Å². The smallest absolute Gasteiger partial charge is 0.0393 e. The van der Waals surface area contributed by atoms with Crippen molar-refractivity contribution in [1.82, 2.24) is 0 Å². The Hall–Kier alpha value is -5.92. The van der Waals surface area contributed by atoms with Crippen LogP contribution in [0.1, 0.15) is 46.2 Å². The van der Waals surface area contributed by atoms with Crippen LogP contribution in [0.4, 0.5) is 5.69 Å². The summed E-state index contributed by atoms with van der Waals surface area (Å²) in [6, 6.07) is 50.2. The maximum atomic E-state index is 6.44. The van der Waals surface area contributed by atoms with E-state index in [2.05, 4.69) is 170 Å². The fraction of sp³-hybridized carbons (Fsp3) is 0.0833.